The number of H-pyrrole nitrogens is 1. The highest BCUT2D eigenvalue weighted by Crippen LogP contribution is 2.22. The topological polar surface area (TPSA) is 74.0 Å². The largest absolute Gasteiger partial charge is 0.363 e. The number of aryl methyl sites for hydroxylation is 1. The molecule has 5 nitrogen and oxygen atoms in total. The molecule has 7 heteroatoms. The minimum absolute atomic E-state index is 0.230. The van der Waals surface area contributed by atoms with Crippen LogP contribution in [0.1, 0.15) is 18.2 Å². The Hall–Kier alpha value is -1.31. The van der Waals surface area contributed by atoms with Gasteiger partial charge in [0, 0.05) is 22.9 Å². The van der Waals surface area contributed by atoms with Crippen molar-refractivity contribution in [1.29, 1.82) is 0 Å². The zero-order chi connectivity index (χ0) is 15.5. The number of benzene rings is 1. The van der Waals surface area contributed by atoms with E-state index in [4.69, 9.17) is 0 Å². The maximum atomic E-state index is 12.3. The number of nitrogens with one attached hydrogen (secondary N) is 3. The van der Waals surface area contributed by atoms with E-state index in [0.717, 1.165) is 22.3 Å². The average molecular weight is 372 g/mol. The molecule has 0 fully saturated rings. The summed E-state index contributed by atoms with van der Waals surface area (Å²) in [5, 5.41) is 3.14. The highest BCUT2D eigenvalue weighted by atomic mass is 79.9. The van der Waals surface area contributed by atoms with E-state index in [1.54, 1.807) is 18.2 Å². The molecule has 21 heavy (non-hydrogen) atoms. The molecule has 0 saturated heterocycles. The lowest BCUT2D eigenvalue weighted by molar-refractivity contribution is 0.601. The van der Waals surface area contributed by atoms with Crippen molar-refractivity contribution in [2.45, 2.75) is 25.3 Å². The van der Waals surface area contributed by atoms with Crippen LogP contribution >= 0.6 is 15.9 Å². The van der Waals surface area contributed by atoms with Crippen LogP contribution in [0.25, 0.3) is 0 Å². The van der Waals surface area contributed by atoms with Gasteiger partial charge in [0.25, 0.3) is 10.0 Å². The summed E-state index contributed by atoms with van der Waals surface area (Å²) < 4.78 is 28.1. The fourth-order valence-electron chi connectivity index (χ4n) is 1.95. The molecule has 0 radical (unpaired) electrons. The molecule has 0 amide bonds. The summed E-state index contributed by atoms with van der Waals surface area (Å²) in [5.74, 6) is 0. The Balaban J connectivity index is 2.19. The first-order chi connectivity index (χ1) is 9.90. The number of aromatic amines is 1. The Morgan fingerprint density at radius 2 is 2.00 bits per heavy atom. The number of rotatable bonds is 6. The van der Waals surface area contributed by atoms with Crippen molar-refractivity contribution < 1.29 is 8.42 Å². The van der Waals surface area contributed by atoms with Gasteiger partial charge in [0.05, 0.1) is 5.69 Å². The van der Waals surface area contributed by atoms with E-state index in [1.807, 2.05) is 19.9 Å². The highest BCUT2D eigenvalue weighted by molar-refractivity contribution is 9.10. The number of hydrogen-bond acceptors (Lipinski definition) is 3. The predicted molar refractivity (Wildman–Crippen MR) is 87.9 cm³/mol. The van der Waals surface area contributed by atoms with Crippen molar-refractivity contribution in [2.24, 2.45) is 0 Å². The molecule has 1 heterocycles. The van der Waals surface area contributed by atoms with Gasteiger partial charge in [0.2, 0.25) is 0 Å². The van der Waals surface area contributed by atoms with Gasteiger partial charge in [-0.1, -0.05) is 22.9 Å². The molecule has 2 aromatic rings. The second kappa shape index (κ2) is 6.64. The van der Waals surface area contributed by atoms with E-state index in [0.29, 0.717) is 12.2 Å². The van der Waals surface area contributed by atoms with E-state index in [9.17, 15) is 8.42 Å². The minimum Gasteiger partial charge on any atom is -0.363 e. The molecule has 0 spiro atoms. The molecule has 0 aliphatic heterocycles. The van der Waals surface area contributed by atoms with Crippen LogP contribution in [0.3, 0.4) is 0 Å². The first-order valence-corrected chi connectivity index (χ1v) is 8.86. The van der Waals surface area contributed by atoms with Crippen LogP contribution in [0, 0.1) is 6.92 Å². The van der Waals surface area contributed by atoms with Crippen molar-refractivity contribution in [3.8, 4) is 0 Å². The molecule has 0 saturated carbocycles. The zero-order valence-electron chi connectivity index (χ0n) is 11.9. The molecule has 0 bridgehead atoms. The monoisotopic (exact) mass is 371 g/mol. The predicted octanol–water partition coefficient (Wildman–Crippen LogP) is 3.00. The minimum atomic E-state index is -3.58. The number of aromatic nitrogens is 1. The summed E-state index contributed by atoms with van der Waals surface area (Å²) in [6, 6.07) is 7.07. The van der Waals surface area contributed by atoms with E-state index in [2.05, 4.69) is 31.0 Å². The van der Waals surface area contributed by atoms with Crippen LogP contribution in [-0.4, -0.2) is 19.9 Å². The standard InChI is InChI=1S/C14H18BrN3O2S/c1-3-16-8-13-7-14(9-17-13)21(19,20)18-12-5-10(2)4-11(15)6-12/h4-7,9,16-18H,3,8H2,1-2H3. The van der Waals surface area contributed by atoms with Gasteiger partial charge in [-0.3, -0.25) is 4.72 Å². The summed E-state index contributed by atoms with van der Waals surface area (Å²) in [7, 11) is -3.58. The molecule has 0 aliphatic rings. The molecule has 0 atom stereocenters. The third-order valence-corrected chi connectivity index (χ3v) is 4.70. The van der Waals surface area contributed by atoms with E-state index >= 15 is 0 Å². The summed E-state index contributed by atoms with van der Waals surface area (Å²) in [6.07, 6.45) is 1.50. The quantitative estimate of drug-likeness (QED) is 0.730. The van der Waals surface area contributed by atoms with Crippen LogP contribution < -0.4 is 10.0 Å². The lowest BCUT2D eigenvalue weighted by atomic mass is 10.2. The number of sulfonamides is 1. The fraction of sp³-hybridized carbons (Fsp3) is 0.286. The first kappa shape index (κ1) is 16.1. The molecule has 2 rings (SSSR count). The van der Waals surface area contributed by atoms with Gasteiger partial charge in [-0.05, 0) is 43.3 Å². The van der Waals surface area contributed by atoms with Gasteiger partial charge < -0.3 is 10.3 Å². The highest BCUT2D eigenvalue weighted by Gasteiger charge is 2.16. The molecule has 114 valence electrons. The Labute approximate surface area is 133 Å². The maximum Gasteiger partial charge on any atom is 0.263 e. The summed E-state index contributed by atoms with van der Waals surface area (Å²) in [5.41, 5.74) is 2.35. The Morgan fingerprint density at radius 3 is 2.67 bits per heavy atom. The molecule has 1 aromatic carbocycles. The van der Waals surface area contributed by atoms with Crippen molar-refractivity contribution in [1.82, 2.24) is 10.3 Å². The Bertz CT molecular complexity index is 705. The van der Waals surface area contributed by atoms with Crippen LogP contribution in [0.5, 0.6) is 0 Å². The van der Waals surface area contributed by atoms with Crippen molar-refractivity contribution in [3.63, 3.8) is 0 Å². The lowest BCUT2D eigenvalue weighted by Gasteiger charge is -2.08. The number of halogens is 1. The summed E-state index contributed by atoms with van der Waals surface area (Å²) >= 11 is 3.36. The van der Waals surface area contributed by atoms with E-state index in [-0.39, 0.29) is 4.90 Å². The van der Waals surface area contributed by atoms with Crippen LogP contribution in [-0.2, 0) is 16.6 Å². The van der Waals surface area contributed by atoms with Gasteiger partial charge in [-0.2, -0.15) is 0 Å². The number of hydrogen-bond donors (Lipinski definition) is 3. The first-order valence-electron chi connectivity index (χ1n) is 6.59. The second-order valence-electron chi connectivity index (χ2n) is 4.76. The van der Waals surface area contributed by atoms with Crippen molar-refractivity contribution >= 4 is 31.6 Å². The molecular formula is C14H18BrN3O2S. The van der Waals surface area contributed by atoms with E-state index < -0.39 is 10.0 Å². The summed E-state index contributed by atoms with van der Waals surface area (Å²) in [4.78, 5) is 3.19. The molecule has 1 aromatic heterocycles. The normalized spacial score (nSPS) is 11.6. The van der Waals surface area contributed by atoms with Gasteiger partial charge in [-0.15, -0.1) is 0 Å². The third kappa shape index (κ3) is 4.33. The smallest absolute Gasteiger partial charge is 0.263 e. The van der Waals surface area contributed by atoms with Crippen LogP contribution in [0.15, 0.2) is 39.8 Å². The summed E-state index contributed by atoms with van der Waals surface area (Å²) in [6.45, 7) is 5.35. The van der Waals surface area contributed by atoms with Crippen molar-refractivity contribution in [3.05, 3.63) is 46.2 Å². The third-order valence-electron chi connectivity index (χ3n) is 2.89. The van der Waals surface area contributed by atoms with Crippen LogP contribution in [0.2, 0.25) is 0 Å². The molecule has 0 unspecified atom stereocenters. The van der Waals surface area contributed by atoms with E-state index in [1.165, 1.54) is 6.20 Å². The van der Waals surface area contributed by atoms with Gasteiger partial charge in [0.15, 0.2) is 0 Å². The average Bonchev–Trinajstić information content (AvgIpc) is 2.84. The van der Waals surface area contributed by atoms with Crippen molar-refractivity contribution in [2.75, 3.05) is 11.3 Å². The second-order valence-corrected chi connectivity index (χ2v) is 7.36. The molecular weight excluding hydrogens is 354 g/mol. The van der Waals surface area contributed by atoms with Gasteiger partial charge in [0.1, 0.15) is 4.90 Å². The fourth-order valence-corrected chi connectivity index (χ4v) is 3.61. The van der Waals surface area contributed by atoms with Crippen LogP contribution in [0.4, 0.5) is 5.69 Å². The Kier molecular flexibility index (Phi) is 5.08. The maximum absolute atomic E-state index is 12.3. The Morgan fingerprint density at radius 1 is 1.24 bits per heavy atom. The lowest BCUT2D eigenvalue weighted by Crippen LogP contribution is -2.13. The molecule has 0 aliphatic carbocycles. The SMILES string of the molecule is CCNCc1cc(S(=O)(=O)Nc2cc(C)cc(Br)c2)c[nH]1. The van der Waals surface area contributed by atoms with Gasteiger partial charge in [-0.25, -0.2) is 8.42 Å². The van der Waals surface area contributed by atoms with Gasteiger partial charge >= 0.3 is 0 Å². The molecule has 3 N–H and O–H groups in total. The number of anilines is 1. The zero-order valence-corrected chi connectivity index (χ0v) is 14.3.